The van der Waals surface area contributed by atoms with Crippen molar-refractivity contribution in [2.24, 2.45) is 16.6 Å². The van der Waals surface area contributed by atoms with Crippen molar-refractivity contribution in [2.75, 3.05) is 17.9 Å². The van der Waals surface area contributed by atoms with Crippen LogP contribution in [0.2, 0.25) is 0 Å². The third-order valence-electron chi connectivity index (χ3n) is 3.48. The molecule has 0 spiro atoms. The van der Waals surface area contributed by atoms with Crippen LogP contribution in [0.1, 0.15) is 5.56 Å². The summed E-state index contributed by atoms with van der Waals surface area (Å²) in [5, 5.41) is 5.81. The van der Waals surface area contributed by atoms with Crippen LogP contribution in [0, 0.1) is 0 Å². The number of hydrogen-bond acceptors (Lipinski definition) is 6. The first-order valence-electron chi connectivity index (χ1n) is 8.48. The Hall–Kier alpha value is -3.54. The normalized spacial score (nSPS) is 10.8. The zero-order chi connectivity index (χ0) is 21.3. The summed E-state index contributed by atoms with van der Waals surface area (Å²) in [7, 11) is -3.80. The topological polar surface area (TPSA) is 171 Å². The molecule has 0 aliphatic heterocycles. The summed E-state index contributed by atoms with van der Waals surface area (Å²) in [5.41, 5.74) is 9.96. The van der Waals surface area contributed by atoms with E-state index in [0.29, 0.717) is 5.56 Å². The van der Waals surface area contributed by atoms with Gasteiger partial charge in [-0.2, -0.15) is 0 Å². The number of oxime groups is 1. The maximum Gasteiger partial charge on any atom is 0.275 e. The number of carbonyl (C=O) groups is 1. The fourth-order valence-electron chi connectivity index (χ4n) is 2.30. The minimum atomic E-state index is -3.80. The number of hydrogen-bond donors (Lipinski definition) is 4. The Kier molecular flexibility index (Phi) is 7.60. The van der Waals surface area contributed by atoms with Gasteiger partial charge in [0, 0.05) is 6.20 Å². The van der Waals surface area contributed by atoms with Crippen molar-refractivity contribution in [1.29, 1.82) is 0 Å². The molecule has 6 N–H and O–H groups in total. The second-order valence-electron chi connectivity index (χ2n) is 5.90. The Morgan fingerprint density at radius 1 is 1.14 bits per heavy atom. The molecular formula is C17H22N6O5S. The highest BCUT2D eigenvalue weighted by molar-refractivity contribution is 7.91. The molecule has 1 aromatic carbocycles. The quantitative estimate of drug-likeness (QED) is 0.166. The fraction of sp³-hybridized carbons (Fsp3) is 0.235. The van der Waals surface area contributed by atoms with Crippen molar-refractivity contribution in [1.82, 2.24) is 9.88 Å². The third-order valence-corrected chi connectivity index (χ3v) is 4.73. The van der Waals surface area contributed by atoms with E-state index in [2.05, 4.69) is 15.2 Å². The van der Waals surface area contributed by atoms with E-state index in [4.69, 9.17) is 16.3 Å². The predicted molar refractivity (Wildman–Crippen MR) is 108 cm³/mol. The van der Waals surface area contributed by atoms with Crippen LogP contribution in [0.5, 0.6) is 0 Å². The fourth-order valence-corrected chi connectivity index (χ4v) is 3.50. The molecule has 0 aliphatic carbocycles. The number of pyridine rings is 1. The first kappa shape index (κ1) is 21.8. The number of aromatic nitrogens is 1. The molecule has 0 unspecified atom stereocenters. The number of guanidine groups is 1. The van der Waals surface area contributed by atoms with Gasteiger partial charge in [0.05, 0.1) is 12.3 Å². The molecule has 0 saturated carbocycles. The zero-order valence-electron chi connectivity index (χ0n) is 15.4. The van der Waals surface area contributed by atoms with Crippen molar-refractivity contribution in [3.8, 4) is 0 Å². The summed E-state index contributed by atoms with van der Waals surface area (Å²) in [5.74, 6) is -0.988. The minimum Gasteiger partial charge on any atom is -0.391 e. The Morgan fingerprint density at radius 3 is 2.55 bits per heavy atom. The van der Waals surface area contributed by atoms with Crippen molar-refractivity contribution in [3.05, 3.63) is 64.6 Å². The molecule has 11 nitrogen and oxygen atoms in total. The number of benzene rings is 1. The molecule has 0 fully saturated rings. The standard InChI is InChI=1S/C17H22N6O5S/c18-17(19)21-28-10-8-20-15(24)11-23-9-4-7-14(16(23)25)22-29(26,27)12-13-5-2-1-3-6-13/h1-7,9,22H,8,10-12H2,(H,20,24)(H4,18,19,21). The van der Waals surface area contributed by atoms with Crippen LogP contribution in [-0.2, 0) is 32.0 Å². The molecule has 0 aliphatic rings. The van der Waals surface area contributed by atoms with E-state index >= 15 is 0 Å². The summed E-state index contributed by atoms with van der Waals surface area (Å²) < 4.78 is 28.0. The Morgan fingerprint density at radius 2 is 1.86 bits per heavy atom. The number of sulfonamides is 1. The van der Waals surface area contributed by atoms with Gasteiger partial charge in [0.1, 0.15) is 18.8 Å². The van der Waals surface area contributed by atoms with Gasteiger partial charge in [0.2, 0.25) is 21.9 Å². The summed E-state index contributed by atoms with van der Waals surface area (Å²) in [6.07, 6.45) is 1.38. The second-order valence-corrected chi connectivity index (χ2v) is 7.62. The molecule has 1 amide bonds. The number of rotatable bonds is 10. The highest BCUT2D eigenvalue weighted by Gasteiger charge is 2.15. The van der Waals surface area contributed by atoms with Gasteiger partial charge in [-0.15, -0.1) is 0 Å². The van der Waals surface area contributed by atoms with Crippen LogP contribution in [-0.4, -0.2) is 38.0 Å². The summed E-state index contributed by atoms with van der Waals surface area (Å²) in [6.45, 7) is -0.138. The van der Waals surface area contributed by atoms with E-state index in [-0.39, 0.29) is 37.1 Å². The number of nitrogens with two attached hydrogens (primary N) is 2. The van der Waals surface area contributed by atoms with Crippen molar-refractivity contribution >= 4 is 27.6 Å². The van der Waals surface area contributed by atoms with Crippen molar-refractivity contribution in [3.63, 3.8) is 0 Å². The molecule has 0 saturated heterocycles. The molecule has 0 atom stereocenters. The molecule has 0 radical (unpaired) electrons. The van der Waals surface area contributed by atoms with Crippen molar-refractivity contribution < 1.29 is 18.0 Å². The highest BCUT2D eigenvalue weighted by atomic mass is 32.2. The largest absolute Gasteiger partial charge is 0.391 e. The van der Waals surface area contributed by atoms with E-state index < -0.39 is 21.5 Å². The molecule has 156 valence electrons. The van der Waals surface area contributed by atoms with E-state index in [9.17, 15) is 18.0 Å². The van der Waals surface area contributed by atoms with Crippen LogP contribution >= 0.6 is 0 Å². The molecule has 2 aromatic rings. The Labute approximate surface area is 167 Å². The van der Waals surface area contributed by atoms with Gasteiger partial charge in [0.25, 0.3) is 5.56 Å². The average Bonchev–Trinajstić information content (AvgIpc) is 2.64. The number of nitrogens with one attached hydrogen (secondary N) is 2. The Balaban J connectivity index is 1.97. The van der Waals surface area contributed by atoms with Gasteiger partial charge >= 0.3 is 0 Å². The summed E-state index contributed by atoms with van der Waals surface area (Å²) in [4.78, 5) is 29.1. The molecule has 1 heterocycles. The Bertz CT molecular complexity index is 1020. The lowest BCUT2D eigenvalue weighted by Gasteiger charge is -2.11. The molecular weight excluding hydrogens is 400 g/mol. The highest BCUT2D eigenvalue weighted by Crippen LogP contribution is 2.09. The number of nitrogens with zero attached hydrogens (tertiary/aromatic N) is 2. The zero-order valence-corrected chi connectivity index (χ0v) is 16.3. The summed E-state index contributed by atoms with van der Waals surface area (Å²) >= 11 is 0. The number of amides is 1. The van der Waals surface area contributed by atoms with Gasteiger partial charge in [-0.1, -0.05) is 30.3 Å². The van der Waals surface area contributed by atoms with Gasteiger partial charge in [0.15, 0.2) is 0 Å². The smallest absolute Gasteiger partial charge is 0.275 e. The molecule has 1 aromatic heterocycles. The first-order chi connectivity index (χ1) is 13.8. The second kappa shape index (κ2) is 10.1. The van der Waals surface area contributed by atoms with Crippen LogP contribution in [0.3, 0.4) is 0 Å². The molecule has 12 heteroatoms. The number of anilines is 1. The SMILES string of the molecule is NC(N)=NOCCNC(=O)Cn1cccc(NS(=O)(=O)Cc2ccccc2)c1=O. The van der Waals surface area contributed by atoms with Gasteiger partial charge in [-0.25, -0.2) is 8.42 Å². The van der Waals surface area contributed by atoms with Crippen LogP contribution in [0.15, 0.2) is 58.6 Å². The van der Waals surface area contributed by atoms with Crippen LogP contribution in [0.25, 0.3) is 0 Å². The monoisotopic (exact) mass is 422 g/mol. The maximum atomic E-state index is 12.5. The predicted octanol–water partition coefficient (Wildman–Crippen LogP) is -0.889. The lowest BCUT2D eigenvalue weighted by molar-refractivity contribution is -0.121. The van der Waals surface area contributed by atoms with E-state index in [0.717, 1.165) is 4.57 Å². The lowest BCUT2D eigenvalue weighted by atomic mass is 10.2. The molecule has 0 bridgehead atoms. The maximum absolute atomic E-state index is 12.5. The number of carbonyl (C=O) groups excluding carboxylic acids is 1. The molecule has 2 rings (SSSR count). The van der Waals surface area contributed by atoms with E-state index in [1.165, 1.54) is 18.3 Å². The first-order valence-corrected chi connectivity index (χ1v) is 10.1. The third kappa shape index (κ3) is 7.54. The summed E-state index contributed by atoms with van der Waals surface area (Å²) in [6, 6.07) is 11.4. The van der Waals surface area contributed by atoms with Crippen LogP contribution in [0.4, 0.5) is 5.69 Å². The molecule has 29 heavy (non-hydrogen) atoms. The van der Waals surface area contributed by atoms with Gasteiger partial charge in [-0.3, -0.25) is 14.3 Å². The van der Waals surface area contributed by atoms with Crippen LogP contribution < -0.4 is 27.1 Å². The van der Waals surface area contributed by atoms with E-state index in [1.807, 2.05) is 0 Å². The van der Waals surface area contributed by atoms with E-state index in [1.54, 1.807) is 30.3 Å². The minimum absolute atomic E-state index is 0.0395. The average molecular weight is 422 g/mol. The van der Waals surface area contributed by atoms with Gasteiger partial charge < -0.3 is 26.2 Å². The van der Waals surface area contributed by atoms with Gasteiger partial charge in [-0.05, 0) is 22.9 Å². The lowest BCUT2D eigenvalue weighted by Crippen LogP contribution is -2.35. The van der Waals surface area contributed by atoms with Crippen molar-refractivity contribution in [2.45, 2.75) is 12.3 Å².